The number of rotatable bonds is 10. The van der Waals surface area contributed by atoms with Crippen LogP contribution < -0.4 is 11.2 Å². The summed E-state index contributed by atoms with van der Waals surface area (Å²) in [6.07, 6.45) is 0.745. The van der Waals surface area contributed by atoms with Crippen molar-refractivity contribution < 1.29 is 23.1 Å². The maximum absolute atomic E-state index is 13.0. The SMILES string of the molecule is CCC1CCCC(CCCCC(=O)c2sc3c(c2C)c(=O)n(CC)c(=O)n3CCC(F)(F)F)C1O. The molecule has 196 valence electrons. The van der Waals surface area contributed by atoms with Crippen molar-refractivity contribution in [1.29, 1.82) is 0 Å². The van der Waals surface area contributed by atoms with E-state index in [-0.39, 0.29) is 41.0 Å². The number of Topliss-reactive ketones (excluding diaryl/α,β-unsaturated/α-hetero) is 1. The van der Waals surface area contributed by atoms with E-state index in [9.17, 15) is 32.7 Å². The van der Waals surface area contributed by atoms with Crippen molar-refractivity contribution in [1.82, 2.24) is 9.13 Å². The van der Waals surface area contributed by atoms with E-state index in [0.29, 0.717) is 22.8 Å². The van der Waals surface area contributed by atoms with Crippen molar-refractivity contribution in [3.63, 3.8) is 0 Å². The van der Waals surface area contributed by atoms with Gasteiger partial charge in [-0.25, -0.2) is 4.79 Å². The highest BCUT2D eigenvalue weighted by Gasteiger charge is 2.31. The average Bonchev–Trinajstić information content (AvgIpc) is 3.14. The molecule has 6 nitrogen and oxygen atoms in total. The predicted molar refractivity (Wildman–Crippen MR) is 131 cm³/mol. The van der Waals surface area contributed by atoms with Crippen molar-refractivity contribution in [2.24, 2.45) is 11.8 Å². The van der Waals surface area contributed by atoms with Crippen molar-refractivity contribution in [2.45, 2.75) is 104 Å². The molecule has 2 heterocycles. The van der Waals surface area contributed by atoms with E-state index in [1.165, 1.54) is 0 Å². The Morgan fingerprint density at radius 3 is 2.43 bits per heavy atom. The van der Waals surface area contributed by atoms with Gasteiger partial charge in [-0.3, -0.25) is 18.7 Å². The van der Waals surface area contributed by atoms with Crippen LogP contribution in [0.1, 0.15) is 86.9 Å². The first kappa shape index (κ1) is 27.6. The largest absolute Gasteiger partial charge is 0.393 e. The Balaban J connectivity index is 1.78. The Kier molecular flexibility index (Phi) is 9.01. The first-order chi connectivity index (χ1) is 16.5. The zero-order valence-electron chi connectivity index (χ0n) is 20.6. The van der Waals surface area contributed by atoms with E-state index >= 15 is 0 Å². The van der Waals surface area contributed by atoms with Gasteiger partial charge in [0.1, 0.15) is 4.83 Å². The van der Waals surface area contributed by atoms with Crippen molar-refractivity contribution in [2.75, 3.05) is 0 Å². The van der Waals surface area contributed by atoms with Crippen molar-refractivity contribution in [3.05, 3.63) is 31.3 Å². The van der Waals surface area contributed by atoms with Gasteiger partial charge < -0.3 is 5.11 Å². The lowest BCUT2D eigenvalue weighted by Crippen LogP contribution is -2.39. The third kappa shape index (κ3) is 6.07. The van der Waals surface area contributed by atoms with E-state index < -0.39 is 30.4 Å². The molecule has 2 aromatic rings. The van der Waals surface area contributed by atoms with Gasteiger partial charge in [-0.2, -0.15) is 13.2 Å². The number of hydrogen-bond donors (Lipinski definition) is 1. The van der Waals surface area contributed by atoms with Gasteiger partial charge in [-0.15, -0.1) is 11.3 Å². The average molecular weight is 517 g/mol. The quantitative estimate of drug-likeness (QED) is 0.337. The monoisotopic (exact) mass is 516 g/mol. The fourth-order valence-electron chi connectivity index (χ4n) is 5.31. The number of nitrogens with zero attached hydrogens (tertiary/aromatic N) is 2. The predicted octanol–water partition coefficient (Wildman–Crippen LogP) is 5.44. The molecule has 0 saturated heterocycles. The van der Waals surface area contributed by atoms with Crippen LogP contribution in [0.15, 0.2) is 9.59 Å². The minimum absolute atomic E-state index is 0.0318. The van der Waals surface area contributed by atoms with E-state index in [2.05, 4.69) is 6.92 Å². The second kappa shape index (κ2) is 11.4. The molecule has 3 unspecified atom stereocenters. The van der Waals surface area contributed by atoms with Gasteiger partial charge in [0.15, 0.2) is 5.78 Å². The molecule has 10 heteroatoms. The summed E-state index contributed by atoms with van der Waals surface area (Å²) in [6.45, 7) is 4.73. The Labute approximate surface area is 206 Å². The highest BCUT2D eigenvalue weighted by molar-refractivity contribution is 7.20. The topological polar surface area (TPSA) is 81.3 Å². The molecule has 0 radical (unpaired) electrons. The first-order valence-corrected chi connectivity index (χ1v) is 13.4. The van der Waals surface area contributed by atoms with Crippen LogP contribution in [0.5, 0.6) is 0 Å². The summed E-state index contributed by atoms with van der Waals surface area (Å²) < 4.78 is 40.5. The number of aliphatic hydroxyl groups excluding tert-OH is 1. The Hall–Kier alpha value is -1.94. The van der Waals surface area contributed by atoms with Crippen molar-refractivity contribution >= 4 is 27.3 Å². The second-order valence-corrected chi connectivity index (χ2v) is 10.6. The Morgan fingerprint density at radius 1 is 1.11 bits per heavy atom. The van der Waals surface area contributed by atoms with Crippen LogP contribution in [0.2, 0.25) is 0 Å². The fourth-order valence-corrected chi connectivity index (χ4v) is 6.60. The molecule has 0 aromatic carbocycles. The van der Waals surface area contributed by atoms with Gasteiger partial charge in [0.05, 0.1) is 22.8 Å². The van der Waals surface area contributed by atoms with Gasteiger partial charge in [-0.1, -0.05) is 26.2 Å². The minimum atomic E-state index is -4.45. The lowest BCUT2D eigenvalue weighted by Gasteiger charge is -2.34. The van der Waals surface area contributed by atoms with E-state index in [4.69, 9.17) is 0 Å². The molecule has 1 aliphatic rings. The number of halogens is 3. The summed E-state index contributed by atoms with van der Waals surface area (Å²) in [5.74, 6) is 0.431. The summed E-state index contributed by atoms with van der Waals surface area (Å²) >= 11 is 0.939. The van der Waals surface area contributed by atoms with Crippen LogP contribution in [0, 0.1) is 18.8 Å². The molecular formula is C25H35F3N2O4S. The zero-order chi connectivity index (χ0) is 25.9. The number of aliphatic hydroxyl groups is 1. The van der Waals surface area contributed by atoms with Gasteiger partial charge in [0, 0.05) is 19.5 Å². The summed E-state index contributed by atoms with van der Waals surface area (Å²) in [7, 11) is 0. The number of fused-ring (bicyclic) bond motifs is 1. The fraction of sp³-hybridized carbons (Fsp3) is 0.720. The molecular weight excluding hydrogens is 481 g/mol. The molecule has 1 N–H and O–H groups in total. The molecule has 0 spiro atoms. The van der Waals surface area contributed by atoms with Crippen molar-refractivity contribution in [3.8, 4) is 0 Å². The molecule has 0 amide bonds. The van der Waals surface area contributed by atoms with Crippen LogP contribution in [-0.2, 0) is 13.1 Å². The lowest BCUT2D eigenvalue weighted by atomic mass is 9.75. The van der Waals surface area contributed by atoms with Gasteiger partial charge in [0.25, 0.3) is 5.56 Å². The van der Waals surface area contributed by atoms with E-state index in [1.54, 1.807) is 13.8 Å². The summed E-state index contributed by atoms with van der Waals surface area (Å²) in [5.41, 5.74) is -0.928. The second-order valence-electron chi connectivity index (χ2n) is 9.60. The number of ketones is 1. The van der Waals surface area contributed by atoms with Crippen LogP contribution in [0.3, 0.4) is 0 Å². The Bertz CT molecular complexity index is 1160. The molecule has 1 aliphatic carbocycles. The molecule has 1 saturated carbocycles. The smallest absolute Gasteiger partial charge is 0.390 e. The third-order valence-electron chi connectivity index (χ3n) is 7.35. The van der Waals surface area contributed by atoms with E-state index in [1.807, 2.05) is 0 Å². The first-order valence-electron chi connectivity index (χ1n) is 12.5. The van der Waals surface area contributed by atoms with Gasteiger partial charge in [0.2, 0.25) is 0 Å². The number of alkyl halides is 3. The number of thiophene rings is 1. The lowest BCUT2D eigenvalue weighted by molar-refractivity contribution is -0.136. The summed E-state index contributed by atoms with van der Waals surface area (Å²) in [6, 6.07) is 0. The standard InChI is InChI=1S/C25H35F3N2O4S/c1-4-16-10-8-11-17(20(16)32)9-6-7-12-18(31)21-15(3)19-22(33)29(5-2)24(34)30(23(19)35-21)14-13-25(26,27)28/h16-17,20,32H,4-14H2,1-3H3. The maximum atomic E-state index is 13.0. The van der Waals surface area contributed by atoms with E-state index in [0.717, 1.165) is 59.0 Å². The molecule has 3 atom stereocenters. The number of carbonyl (C=O) groups excluding carboxylic acids is 1. The van der Waals surface area contributed by atoms with Crippen LogP contribution >= 0.6 is 11.3 Å². The summed E-state index contributed by atoms with van der Waals surface area (Å²) in [5, 5.41) is 10.7. The molecule has 0 bridgehead atoms. The molecule has 35 heavy (non-hydrogen) atoms. The number of carbonyl (C=O) groups is 1. The maximum Gasteiger partial charge on any atom is 0.390 e. The number of aryl methyl sites for hydroxylation is 2. The van der Waals surface area contributed by atoms with Crippen LogP contribution in [0.25, 0.3) is 10.2 Å². The number of hydrogen-bond acceptors (Lipinski definition) is 5. The van der Waals surface area contributed by atoms with Gasteiger partial charge in [-0.05, 0) is 56.9 Å². The number of unbranched alkanes of at least 4 members (excludes halogenated alkanes) is 1. The molecule has 3 rings (SSSR count). The summed E-state index contributed by atoms with van der Waals surface area (Å²) in [4.78, 5) is 39.1. The number of aromatic nitrogens is 2. The normalized spacial score (nSPS) is 21.1. The highest BCUT2D eigenvalue weighted by Crippen LogP contribution is 2.35. The third-order valence-corrected chi connectivity index (χ3v) is 8.71. The molecule has 1 fully saturated rings. The minimum Gasteiger partial charge on any atom is -0.393 e. The highest BCUT2D eigenvalue weighted by atomic mass is 32.1. The van der Waals surface area contributed by atoms with Gasteiger partial charge >= 0.3 is 11.9 Å². The van der Waals surface area contributed by atoms with Crippen LogP contribution in [-0.4, -0.2) is 32.3 Å². The van der Waals surface area contributed by atoms with Crippen LogP contribution in [0.4, 0.5) is 13.2 Å². The zero-order valence-corrected chi connectivity index (χ0v) is 21.4. The molecule has 0 aliphatic heterocycles. The Morgan fingerprint density at radius 2 is 1.80 bits per heavy atom. The molecule has 2 aromatic heterocycles.